The molecule has 1 fully saturated rings. The van der Waals surface area contributed by atoms with E-state index in [-0.39, 0.29) is 16.5 Å². The number of aromatic nitrogens is 1. The highest BCUT2D eigenvalue weighted by Gasteiger charge is 2.32. The van der Waals surface area contributed by atoms with E-state index < -0.39 is 9.84 Å². The minimum atomic E-state index is -2.82. The third-order valence-electron chi connectivity index (χ3n) is 3.05. The lowest BCUT2D eigenvalue weighted by Crippen LogP contribution is -2.18. The van der Waals surface area contributed by atoms with Crippen molar-refractivity contribution in [2.45, 2.75) is 17.7 Å². The van der Waals surface area contributed by atoms with Crippen molar-refractivity contribution in [3.8, 4) is 0 Å². The molecule has 0 bridgehead atoms. The summed E-state index contributed by atoms with van der Waals surface area (Å²) in [6.45, 7) is 0. The van der Waals surface area contributed by atoms with Crippen molar-refractivity contribution >= 4 is 37.4 Å². The molecule has 1 aromatic rings. The van der Waals surface area contributed by atoms with Crippen molar-refractivity contribution in [1.29, 1.82) is 0 Å². The third kappa shape index (κ3) is 3.42. The molecule has 1 aliphatic rings. The zero-order valence-electron chi connectivity index (χ0n) is 9.14. The first-order valence-electron chi connectivity index (χ1n) is 5.41. The highest BCUT2D eigenvalue weighted by molar-refractivity contribution is 9.09. The van der Waals surface area contributed by atoms with Crippen LogP contribution < -0.4 is 0 Å². The van der Waals surface area contributed by atoms with Gasteiger partial charge in [-0.05, 0) is 30.4 Å². The van der Waals surface area contributed by atoms with E-state index in [1.165, 1.54) is 0 Å². The van der Waals surface area contributed by atoms with Crippen molar-refractivity contribution in [3.63, 3.8) is 0 Å². The van der Waals surface area contributed by atoms with Crippen molar-refractivity contribution in [2.24, 2.45) is 5.92 Å². The van der Waals surface area contributed by atoms with E-state index in [2.05, 4.69) is 20.9 Å². The number of alkyl halides is 1. The van der Waals surface area contributed by atoms with Crippen LogP contribution in [0.25, 0.3) is 0 Å². The molecular weight excluding hydrogens is 326 g/mol. The minimum absolute atomic E-state index is 0.152. The zero-order chi connectivity index (χ0) is 12.5. The molecule has 0 aliphatic carbocycles. The zero-order valence-corrected chi connectivity index (χ0v) is 12.3. The maximum atomic E-state index is 11.4. The quantitative estimate of drug-likeness (QED) is 0.796. The van der Waals surface area contributed by atoms with Crippen LogP contribution >= 0.6 is 27.5 Å². The van der Waals surface area contributed by atoms with Crippen molar-refractivity contribution in [1.82, 2.24) is 4.98 Å². The van der Waals surface area contributed by atoms with Gasteiger partial charge in [0.1, 0.15) is 0 Å². The average molecular weight is 339 g/mol. The Bertz CT molecular complexity index is 506. The summed E-state index contributed by atoms with van der Waals surface area (Å²) in [4.78, 5) is 4.08. The summed E-state index contributed by atoms with van der Waals surface area (Å²) < 4.78 is 22.8. The molecule has 17 heavy (non-hydrogen) atoms. The van der Waals surface area contributed by atoms with Gasteiger partial charge in [-0.1, -0.05) is 27.5 Å². The Kier molecular flexibility index (Phi) is 4.10. The van der Waals surface area contributed by atoms with Crippen LogP contribution in [-0.2, 0) is 16.3 Å². The fraction of sp³-hybridized carbons (Fsp3) is 0.545. The van der Waals surface area contributed by atoms with Crippen molar-refractivity contribution in [3.05, 3.63) is 29.0 Å². The molecule has 1 aromatic heterocycles. The average Bonchev–Trinajstić information content (AvgIpc) is 2.62. The van der Waals surface area contributed by atoms with Crippen LogP contribution in [0.15, 0.2) is 18.5 Å². The van der Waals surface area contributed by atoms with E-state index in [0.717, 1.165) is 18.4 Å². The van der Waals surface area contributed by atoms with Crippen LogP contribution in [0.3, 0.4) is 0 Å². The van der Waals surface area contributed by atoms with Gasteiger partial charge in [-0.2, -0.15) is 0 Å². The van der Waals surface area contributed by atoms with Crippen LogP contribution in [0, 0.1) is 5.92 Å². The summed E-state index contributed by atoms with van der Waals surface area (Å²) in [5.74, 6) is 0.777. The number of rotatable bonds is 3. The third-order valence-corrected chi connectivity index (χ3v) is 6.26. The predicted molar refractivity (Wildman–Crippen MR) is 72.4 cm³/mol. The van der Waals surface area contributed by atoms with E-state index in [4.69, 9.17) is 11.6 Å². The van der Waals surface area contributed by atoms with Crippen molar-refractivity contribution < 1.29 is 8.42 Å². The van der Waals surface area contributed by atoms with Gasteiger partial charge >= 0.3 is 0 Å². The number of nitrogens with zero attached hydrogens (tertiary/aromatic N) is 1. The molecule has 2 atom stereocenters. The smallest absolute Gasteiger partial charge is 0.150 e. The molecular formula is C11H13BrClNO2S. The number of hydrogen-bond donors (Lipinski definition) is 0. The molecule has 0 spiro atoms. The summed E-state index contributed by atoms with van der Waals surface area (Å²) in [5, 5.41) is 0.637. The van der Waals surface area contributed by atoms with Crippen LogP contribution in [0.2, 0.25) is 5.02 Å². The maximum absolute atomic E-state index is 11.4. The predicted octanol–water partition coefficient (Wildman–Crippen LogP) is 2.48. The Morgan fingerprint density at radius 3 is 2.94 bits per heavy atom. The molecule has 3 nitrogen and oxygen atoms in total. The fourth-order valence-electron chi connectivity index (χ4n) is 2.06. The highest BCUT2D eigenvalue weighted by Crippen LogP contribution is 2.30. The summed E-state index contributed by atoms with van der Waals surface area (Å²) in [6.07, 6.45) is 4.79. The molecule has 94 valence electrons. The standard InChI is InChI=1S/C11H13BrClNO2S/c12-10(9-2-4-17(15,16)7-9)5-8-1-3-14-6-11(8)13/h1,3,6,9-10H,2,4-5,7H2. The lowest BCUT2D eigenvalue weighted by Gasteiger charge is -2.16. The summed E-state index contributed by atoms with van der Waals surface area (Å²) >= 11 is 9.61. The van der Waals surface area contributed by atoms with Crippen LogP contribution in [0.5, 0.6) is 0 Å². The van der Waals surface area contributed by atoms with Gasteiger partial charge in [-0.25, -0.2) is 8.42 Å². The second kappa shape index (κ2) is 5.24. The van der Waals surface area contributed by atoms with Gasteiger partial charge < -0.3 is 0 Å². The maximum Gasteiger partial charge on any atom is 0.150 e. The molecule has 0 saturated carbocycles. The van der Waals surface area contributed by atoms with Crippen LogP contribution in [-0.4, -0.2) is 29.7 Å². The first-order chi connectivity index (χ1) is 7.98. The highest BCUT2D eigenvalue weighted by atomic mass is 79.9. The molecule has 0 aromatic carbocycles. The first kappa shape index (κ1) is 13.3. The number of hydrogen-bond acceptors (Lipinski definition) is 3. The molecule has 2 unspecified atom stereocenters. The van der Waals surface area contributed by atoms with Gasteiger partial charge in [-0.3, -0.25) is 4.98 Å². The fourth-order valence-corrected chi connectivity index (χ4v) is 5.18. The second-order valence-electron chi connectivity index (χ2n) is 4.35. The summed E-state index contributed by atoms with van der Waals surface area (Å²) in [5.41, 5.74) is 1.01. The Labute approximate surface area is 115 Å². The lowest BCUT2D eigenvalue weighted by molar-refractivity contribution is 0.563. The molecule has 0 radical (unpaired) electrons. The molecule has 1 aliphatic heterocycles. The summed E-state index contributed by atoms with van der Waals surface area (Å²) in [6, 6.07) is 1.88. The molecule has 2 rings (SSSR count). The molecule has 2 heterocycles. The SMILES string of the molecule is O=S1(=O)CCC(C(Br)Cc2ccncc2Cl)C1. The topological polar surface area (TPSA) is 47.0 Å². The van der Waals surface area contributed by atoms with Crippen LogP contribution in [0.1, 0.15) is 12.0 Å². The Balaban J connectivity index is 2.03. The first-order valence-corrected chi connectivity index (χ1v) is 8.52. The van der Waals surface area contributed by atoms with Gasteiger partial charge in [-0.15, -0.1) is 0 Å². The number of halogens is 2. The minimum Gasteiger partial charge on any atom is -0.263 e. The van der Waals surface area contributed by atoms with E-state index in [1.807, 2.05) is 6.07 Å². The summed E-state index contributed by atoms with van der Waals surface area (Å²) in [7, 11) is -2.82. The lowest BCUT2D eigenvalue weighted by atomic mass is 9.99. The Hall–Kier alpha value is -0.130. The van der Waals surface area contributed by atoms with Crippen LogP contribution in [0.4, 0.5) is 0 Å². The van der Waals surface area contributed by atoms with Gasteiger partial charge in [0.25, 0.3) is 0 Å². The largest absolute Gasteiger partial charge is 0.263 e. The molecule has 6 heteroatoms. The van der Waals surface area contributed by atoms with Gasteiger partial charge in [0.15, 0.2) is 9.84 Å². The van der Waals surface area contributed by atoms with E-state index in [0.29, 0.717) is 10.8 Å². The molecule has 0 amide bonds. The van der Waals surface area contributed by atoms with Gasteiger partial charge in [0.05, 0.1) is 16.5 Å². The van der Waals surface area contributed by atoms with E-state index in [1.54, 1.807) is 12.4 Å². The normalized spacial score (nSPS) is 24.7. The molecule has 1 saturated heterocycles. The molecule has 0 N–H and O–H groups in total. The monoisotopic (exact) mass is 337 g/mol. The van der Waals surface area contributed by atoms with E-state index >= 15 is 0 Å². The Morgan fingerprint density at radius 1 is 1.59 bits per heavy atom. The van der Waals surface area contributed by atoms with Crippen molar-refractivity contribution in [2.75, 3.05) is 11.5 Å². The second-order valence-corrected chi connectivity index (χ2v) is 8.16. The number of pyridine rings is 1. The van der Waals surface area contributed by atoms with Gasteiger partial charge in [0, 0.05) is 17.2 Å². The number of sulfone groups is 1. The van der Waals surface area contributed by atoms with Gasteiger partial charge in [0.2, 0.25) is 0 Å². The van der Waals surface area contributed by atoms with E-state index in [9.17, 15) is 8.42 Å². The Morgan fingerprint density at radius 2 is 2.35 bits per heavy atom.